The number of likely N-dealkylation sites (N-methyl/N-ethyl adjacent to an activating group) is 1. The fourth-order valence-electron chi connectivity index (χ4n) is 2.11. The van der Waals surface area contributed by atoms with Gasteiger partial charge >= 0.3 is 0 Å². The minimum absolute atomic E-state index is 0.120. The summed E-state index contributed by atoms with van der Waals surface area (Å²) < 4.78 is 5.25. The lowest BCUT2D eigenvalue weighted by molar-refractivity contribution is -0.131. The van der Waals surface area contributed by atoms with Gasteiger partial charge in [-0.1, -0.05) is 0 Å². The van der Waals surface area contributed by atoms with Crippen LogP contribution in [0.3, 0.4) is 0 Å². The average Bonchev–Trinajstić information content (AvgIpc) is 2.17. The minimum Gasteiger partial charge on any atom is -0.392 e. The van der Waals surface area contributed by atoms with Crippen LogP contribution < -0.4 is 0 Å². The summed E-state index contributed by atoms with van der Waals surface area (Å²) in [6, 6.07) is 0. The van der Waals surface area contributed by atoms with Crippen LogP contribution >= 0.6 is 0 Å². The van der Waals surface area contributed by atoms with Crippen molar-refractivity contribution in [2.45, 2.75) is 31.5 Å². The van der Waals surface area contributed by atoms with Gasteiger partial charge in [-0.25, -0.2) is 0 Å². The standard InChI is InChI=1S/C11H21NO3/c1-12(2)7-11(14)9-6-8(15-3)4-5-10(9)13/h8-10,13H,4-7H2,1-3H3/t8-,9+,10-/m0/s1. The Morgan fingerprint density at radius 3 is 2.67 bits per heavy atom. The Labute approximate surface area is 91.2 Å². The normalized spacial score (nSPS) is 31.9. The van der Waals surface area contributed by atoms with E-state index in [0.29, 0.717) is 19.4 Å². The zero-order chi connectivity index (χ0) is 11.4. The summed E-state index contributed by atoms with van der Waals surface area (Å²) in [5.41, 5.74) is 0. The first kappa shape index (κ1) is 12.6. The molecule has 0 unspecified atom stereocenters. The minimum atomic E-state index is -0.483. The van der Waals surface area contributed by atoms with Gasteiger partial charge in [-0.2, -0.15) is 0 Å². The van der Waals surface area contributed by atoms with Crippen molar-refractivity contribution in [1.29, 1.82) is 0 Å². The van der Waals surface area contributed by atoms with E-state index in [2.05, 4.69) is 0 Å². The van der Waals surface area contributed by atoms with Gasteiger partial charge in [0, 0.05) is 13.0 Å². The van der Waals surface area contributed by atoms with E-state index in [9.17, 15) is 9.90 Å². The molecule has 0 saturated heterocycles. The van der Waals surface area contributed by atoms with Crippen LogP contribution in [0.25, 0.3) is 0 Å². The molecule has 0 spiro atoms. The molecule has 0 radical (unpaired) electrons. The summed E-state index contributed by atoms with van der Waals surface area (Å²) in [7, 11) is 5.39. The largest absolute Gasteiger partial charge is 0.392 e. The van der Waals surface area contributed by atoms with Crippen LogP contribution in [0.2, 0.25) is 0 Å². The number of methoxy groups -OCH3 is 1. The van der Waals surface area contributed by atoms with E-state index in [1.807, 2.05) is 19.0 Å². The van der Waals surface area contributed by atoms with Crippen molar-refractivity contribution in [2.24, 2.45) is 5.92 Å². The molecule has 15 heavy (non-hydrogen) atoms. The third-order valence-electron chi connectivity index (χ3n) is 2.98. The van der Waals surface area contributed by atoms with E-state index in [1.54, 1.807) is 7.11 Å². The van der Waals surface area contributed by atoms with E-state index < -0.39 is 6.10 Å². The van der Waals surface area contributed by atoms with Crippen LogP contribution in [0.1, 0.15) is 19.3 Å². The molecule has 1 aliphatic rings. The van der Waals surface area contributed by atoms with Crippen molar-refractivity contribution in [3.8, 4) is 0 Å². The van der Waals surface area contributed by atoms with Gasteiger partial charge in [0.05, 0.1) is 18.8 Å². The maximum atomic E-state index is 11.8. The first-order valence-corrected chi connectivity index (χ1v) is 5.43. The molecule has 1 saturated carbocycles. The number of hydrogen-bond donors (Lipinski definition) is 1. The van der Waals surface area contributed by atoms with Crippen molar-refractivity contribution in [3.05, 3.63) is 0 Å². The summed E-state index contributed by atoms with van der Waals surface area (Å²) in [5, 5.41) is 9.77. The number of aliphatic hydroxyl groups is 1. The third kappa shape index (κ3) is 3.55. The second kappa shape index (κ2) is 5.58. The zero-order valence-corrected chi connectivity index (χ0v) is 9.77. The first-order chi connectivity index (χ1) is 7.04. The number of carbonyl (C=O) groups is 1. The Balaban J connectivity index is 2.53. The van der Waals surface area contributed by atoms with Gasteiger partial charge in [0.2, 0.25) is 0 Å². The molecule has 1 N–H and O–H groups in total. The van der Waals surface area contributed by atoms with Crippen molar-refractivity contribution >= 4 is 5.78 Å². The molecule has 0 aromatic heterocycles. The van der Waals surface area contributed by atoms with Crippen molar-refractivity contribution in [2.75, 3.05) is 27.7 Å². The van der Waals surface area contributed by atoms with E-state index in [1.165, 1.54) is 0 Å². The number of Topliss-reactive ketones (excluding diaryl/α,β-unsaturated/α-hetero) is 1. The number of ether oxygens (including phenoxy) is 1. The van der Waals surface area contributed by atoms with Gasteiger partial charge in [0.1, 0.15) is 0 Å². The Morgan fingerprint density at radius 1 is 1.47 bits per heavy atom. The van der Waals surface area contributed by atoms with Crippen LogP contribution in [0.15, 0.2) is 0 Å². The average molecular weight is 215 g/mol. The maximum Gasteiger partial charge on any atom is 0.152 e. The van der Waals surface area contributed by atoms with Gasteiger partial charge < -0.3 is 14.7 Å². The lowest BCUT2D eigenvalue weighted by Gasteiger charge is -2.32. The highest BCUT2D eigenvalue weighted by atomic mass is 16.5. The topological polar surface area (TPSA) is 49.8 Å². The van der Waals surface area contributed by atoms with Crippen molar-refractivity contribution in [1.82, 2.24) is 4.90 Å². The van der Waals surface area contributed by atoms with Crippen LogP contribution in [0.4, 0.5) is 0 Å². The van der Waals surface area contributed by atoms with E-state index in [-0.39, 0.29) is 17.8 Å². The zero-order valence-electron chi connectivity index (χ0n) is 9.77. The van der Waals surface area contributed by atoms with Crippen LogP contribution in [-0.4, -0.2) is 55.7 Å². The van der Waals surface area contributed by atoms with Gasteiger partial charge in [-0.05, 0) is 33.4 Å². The molecular formula is C11H21NO3. The molecule has 0 aromatic carbocycles. The predicted octanol–water partition coefficient (Wildman–Crippen LogP) is 0.293. The molecule has 0 amide bonds. The Kier molecular flexibility index (Phi) is 4.70. The van der Waals surface area contributed by atoms with E-state index in [4.69, 9.17) is 4.74 Å². The molecular weight excluding hydrogens is 194 g/mol. The van der Waals surface area contributed by atoms with Gasteiger partial charge in [-0.15, -0.1) is 0 Å². The van der Waals surface area contributed by atoms with Crippen molar-refractivity contribution < 1.29 is 14.6 Å². The summed E-state index contributed by atoms with van der Waals surface area (Å²) in [5.74, 6) is -0.125. The molecule has 0 heterocycles. The molecule has 88 valence electrons. The van der Waals surface area contributed by atoms with E-state index >= 15 is 0 Å². The smallest absolute Gasteiger partial charge is 0.152 e. The lowest BCUT2D eigenvalue weighted by atomic mass is 9.82. The highest BCUT2D eigenvalue weighted by molar-refractivity contribution is 5.83. The fraction of sp³-hybridized carbons (Fsp3) is 0.909. The number of nitrogens with zero attached hydrogens (tertiary/aromatic N) is 1. The van der Waals surface area contributed by atoms with Crippen molar-refractivity contribution in [3.63, 3.8) is 0 Å². The SMILES string of the molecule is CO[C@H]1CC[C@H](O)[C@H](C(=O)CN(C)C)C1. The number of hydrogen-bond acceptors (Lipinski definition) is 4. The molecule has 4 nitrogen and oxygen atoms in total. The molecule has 1 aliphatic carbocycles. The van der Waals surface area contributed by atoms with Crippen LogP contribution in [0, 0.1) is 5.92 Å². The van der Waals surface area contributed by atoms with Crippen LogP contribution in [-0.2, 0) is 9.53 Å². The number of carbonyl (C=O) groups excluding carboxylic acids is 1. The predicted molar refractivity (Wildman–Crippen MR) is 57.7 cm³/mol. The highest BCUT2D eigenvalue weighted by Crippen LogP contribution is 2.27. The summed E-state index contributed by atoms with van der Waals surface area (Å²) in [6.45, 7) is 0.401. The summed E-state index contributed by atoms with van der Waals surface area (Å²) >= 11 is 0. The molecule has 1 rings (SSSR count). The highest BCUT2D eigenvalue weighted by Gasteiger charge is 2.33. The van der Waals surface area contributed by atoms with Crippen LogP contribution in [0.5, 0.6) is 0 Å². The summed E-state index contributed by atoms with van der Waals surface area (Å²) in [4.78, 5) is 13.7. The number of aliphatic hydroxyl groups excluding tert-OH is 1. The summed E-state index contributed by atoms with van der Waals surface area (Å²) in [6.07, 6.45) is 1.82. The molecule has 1 fully saturated rings. The lowest BCUT2D eigenvalue weighted by Crippen LogP contribution is -2.40. The molecule has 4 heteroatoms. The number of ketones is 1. The molecule has 0 aromatic rings. The molecule has 3 atom stereocenters. The fourth-order valence-corrected chi connectivity index (χ4v) is 2.11. The third-order valence-corrected chi connectivity index (χ3v) is 2.98. The monoisotopic (exact) mass is 215 g/mol. The second-order valence-corrected chi connectivity index (χ2v) is 4.55. The quantitative estimate of drug-likeness (QED) is 0.732. The molecule has 0 bridgehead atoms. The Morgan fingerprint density at radius 2 is 2.13 bits per heavy atom. The van der Waals surface area contributed by atoms with Gasteiger partial charge in [-0.3, -0.25) is 4.79 Å². The van der Waals surface area contributed by atoms with E-state index in [0.717, 1.165) is 6.42 Å². The Bertz CT molecular complexity index is 218. The Hall–Kier alpha value is -0.450. The maximum absolute atomic E-state index is 11.8. The van der Waals surface area contributed by atoms with Gasteiger partial charge in [0.25, 0.3) is 0 Å². The van der Waals surface area contributed by atoms with Gasteiger partial charge in [0.15, 0.2) is 5.78 Å². The second-order valence-electron chi connectivity index (χ2n) is 4.55. The number of rotatable bonds is 4. The molecule has 0 aliphatic heterocycles. The first-order valence-electron chi connectivity index (χ1n) is 5.43.